The number of thiocarbonyl (C=S) groups is 1. The minimum atomic E-state index is -0.270. The molecule has 2 unspecified atom stereocenters. The molecule has 0 aliphatic carbocycles. The van der Waals surface area contributed by atoms with Crippen LogP contribution in [0.2, 0.25) is 0 Å². The van der Waals surface area contributed by atoms with Gasteiger partial charge in [-0.1, -0.05) is 0 Å². The number of nitrogens with zero attached hydrogens (tertiary/aromatic N) is 2. The smallest absolute Gasteiger partial charge is 0.169 e. The van der Waals surface area contributed by atoms with E-state index in [0.717, 1.165) is 44.3 Å². The number of likely N-dealkylation sites (N-methyl/N-ethyl adjacent to an activating group) is 1. The topological polar surface area (TPSA) is 48.0 Å². The highest BCUT2D eigenvalue weighted by molar-refractivity contribution is 7.80. The summed E-state index contributed by atoms with van der Waals surface area (Å²) in [6, 6.07) is 0.303. The number of rotatable bonds is 7. The van der Waals surface area contributed by atoms with Crippen LogP contribution < -0.4 is 5.32 Å². The number of ether oxygens (including phenoxy) is 1. The second kappa shape index (κ2) is 8.68. The first-order valence-corrected chi connectivity index (χ1v) is 7.40. The molecule has 0 aromatic carbocycles. The molecular formula is C13H27N3O2S. The molecule has 5 nitrogen and oxygen atoms in total. The molecule has 1 heterocycles. The van der Waals surface area contributed by atoms with Gasteiger partial charge in [-0.05, 0) is 46.1 Å². The number of likely N-dealkylation sites (tertiary alicyclic amines) is 1. The standard InChI is InChI=1S/C13H27N3O2S/c1-4-18-7-5-6-14-13(19)16-10-12(17)8-11(16)9-15(2)3/h11-12,17H,4-10H2,1-3H3,(H,14,19). The summed E-state index contributed by atoms with van der Waals surface area (Å²) in [6.45, 7) is 5.88. The summed E-state index contributed by atoms with van der Waals surface area (Å²) in [7, 11) is 4.09. The van der Waals surface area contributed by atoms with Gasteiger partial charge >= 0.3 is 0 Å². The molecule has 2 N–H and O–H groups in total. The normalized spacial score (nSPS) is 23.1. The van der Waals surface area contributed by atoms with Crippen LogP contribution in [0.1, 0.15) is 19.8 Å². The first kappa shape index (κ1) is 16.6. The van der Waals surface area contributed by atoms with Gasteiger partial charge in [0.1, 0.15) is 0 Å². The molecule has 0 bridgehead atoms. The van der Waals surface area contributed by atoms with E-state index in [1.54, 1.807) is 0 Å². The van der Waals surface area contributed by atoms with Crippen molar-refractivity contribution in [2.24, 2.45) is 0 Å². The molecule has 1 aliphatic rings. The van der Waals surface area contributed by atoms with Gasteiger partial charge in [-0.3, -0.25) is 0 Å². The Labute approximate surface area is 121 Å². The van der Waals surface area contributed by atoms with E-state index in [1.165, 1.54) is 0 Å². The molecule has 6 heteroatoms. The predicted octanol–water partition coefficient (Wildman–Crippen LogP) is 0.284. The van der Waals surface area contributed by atoms with Crippen molar-refractivity contribution in [3.63, 3.8) is 0 Å². The maximum Gasteiger partial charge on any atom is 0.169 e. The Hall–Kier alpha value is -0.430. The monoisotopic (exact) mass is 289 g/mol. The molecule has 1 rings (SSSR count). The summed E-state index contributed by atoms with van der Waals surface area (Å²) in [5.74, 6) is 0. The Kier molecular flexibility index (Phi) is 7.60. The van der Waals surface area contributed by atoms with Crippen molar-refractivity contribution in [1.29, 1.82) is 0 Å². The van der Waals surface area contributed by atoms with Crippen molar-refractivity contribution in [3.05, 3.63) is 0 Å². The fourth-order valence-corrected chi connectivity index (χ4v) is 2.68. The number of hydrogen-bond acceptors (Lipinski definition) is 4. The van der Waals surface area contributed by atoms with Gasteiger partial charge in [0.2, 0.25) is 0 Å². The fraction of sp³-hybridized carbons (Fsp3) is 0.923. The molecule has 19 heavy (non-hydrogen) atoms. The Bertz CT molecular complexity index is 277. The molecule has 0 radical (unpaired) electrons. The van der Waals surface area contributed by atoms with E-state index in [1.807, 2.05) is 21.0 Å². The lowest BCUT2D eigenvalue weighted by Crippen LogP contribution is -2.46. The Balaban J connectivity index is 2.32. The van der Waals surface area contributed by atoms with Gasteiger partial charge in [0.05, 0.1) is 6.10 Å². The third-order valence-corrected chi connectivity index (χ3v) is 3.55. The average Bonchev–Trinajstić information content (AvgIpc) is 2.69. The quantitative estimate of drug-likeness (QED) is 0.519. The number of aliphatic hydroxyl groups is 1. The zero-order valence-electron chi connectivity index (χ0n) is 12.3. The van der Waals surface area contributed by atoms with Crippen LogP contribution in [0, 0.1) is 0 Å². The molecule has 0 spiro atoms. The van der Waals surface area contributed by atoms with E-state index in [0.29, 0.717) is 12.6 Å². The zero-order valence-corrected chi connectivity index (χ0v) is 13.1. The van der Waals surface area contributed by atoms with Crippen molar-refractivity contribution >= 4 is 17.3 Å². The van der Waals surface area contributed by atoms with Crippen LogP contribution in [-0.2, 0) is 4.74 Å². The predicted molar refractivity (Wildman–Crippen MR) is 81.4 cm³/mol. The summed E-state index contributed by atoms with van der Waals surface area (Å²) in [5.41, 5.74) is 0. The van der Waals surface area contributed by atoms with Crippen molar-refractivity contribution in [3.8, 4) is 0 Å². The molecule has 2 atom stereocenters. The largest absolute Gasteiger partial charge is 0.391 e. The lowest BCUT2D eigenvalue weighted by atomic mass is 10.2. The second-order valence-electron chi connectivity index (χ2n) is 5.24. The molecule has 112 valence electrons. The summed E-state index contributed by atoms with van der Waals surface area (Å²) in [5, 5.41) is 13.8. The van der Waals surface area contributed by atoms with E-state index < -0.39 is 0 Å². The van der Waals surface area contributed by atoms with Crippen LogP contribution in [0.25, 0.3) is 0 Å². The number of aliphatic hydroxyl groups excluding tert-OH is 1. The third kappa shape index (κ3) is 6.03. The van der Waals surface area contributed by atoms with Crippen molar-refractivity contribution in [1.82, 2.24) is 15.1 Å². The zero-order chi connectivity index (χ0) is 14.3. The lowest BCUT2D eigenvalue weighted by molar-refractivity contribution is 0.145. The lowest BCUT2D eigenvalue weighted by Gasteiger charge is -2.29. The molecule has 0 amide bonds. The second-order valence-corrected chi connectivity index (χ2v) is 5.63. The van der Waals surface area contributed by atoms with Gasteiger partial charge in [0.15, 0.2) is 5.11 Å². The Morgan fingerprint density at radius 2 is 2.26 bits per heavy atom. The van der Waals surface area contributed by atoms with E-state index in [2.05, 4.69) is 15.1 Å². The van der Waals surface area contributed by atoms with E-state index in [4.69, 9.17) is 17.0 Å². The molecular weight excluding hydrogens is 262 g/mol. The van der Waals surface area contributed by atoms with Crippen LogP contribution in [-0.4, -0.2) is 79.1 Å². The van der Waals surface area contributed by atoms with Crippen LogP contribution in [0.3, 0.4) is 0 Å². The van der Waals surface area contributed by atoms with Crippen molar-refractivity contribution < 1.29 is 9.84 Å². The molecule has 1 saturated heterocycles. The van der Waals surface area contributed by atoms with Gasteiger partial charge in [-0.2, -0.15) is 0 Å². The van der Waals surface area contributed by atoms with Crippen LogP contribution in [0.15, 0.2) is 0 Å². The van der Waals surface area contributed by atoms with Gasteiger partial charge < -0.3 is 25.0 Å². The van der Waals surface area contributed by atoms with Crippen LogP contribution >= 0.6 is 12.2 Å². The van der Waals surface area contributed by atoms with E-state index in [-0.39, 0.29) is 6.10 Å². The van der Waals surface area contributed by atoms with E-state index in [9.17, 15) is 5.11 Å². The van der Waals surface area contributed by atoms with Gasteiger partial charge in [0.25, 0.3) is 0 Å². The molecule has 0 aromatic heterocycles. The van der Waals surface area contributed by atoms with E-state index >= 15 is 0 Å². The maximum atomic E-state index is 9.81. The molecule has 0 aromatic rings. The highest BCUT2D eigenvalue weighted by atomic mass is 32.1. The molecule has 1 aliphatic heterocycles. The van der Waals surface area contributed by atoms with Crippen molar-refractivity contribution in [2.45, 2.75) is 31.9 Å². The van der Waals surface area contributed by atoms with Crippen LogP contribution in [0.4, 0.5) is 0 Å². The molecule has 0 saturated carbocycles. The summed E-state index contributed by atoms with van der Waals surface area (Å²) in [6.07, 6.45) is 1.47. The highest BCUT2D eigenvalue weighted by Crippen LogP contribution is 2.18. The number of β-amino-alcohol motifs (C(OH)–C–C–N with tert-alkyl or cyclic N) is 1. The van der Waals surface area contributed by atoms with Gasteiger partial charge in [-0.25, -0.2) is 0 Å². The van der Waals surface area contributed by atoms with Gasteiger partial charge in [-0.15, -0.1) is 0 Å². The first-order valence-electron chi connectivity index (χ1n) is 6.99. The SMILES string of the molecule is CCOCCCNC(=S)N1CC(O)CC1CN(C)C. The minimum Gasteiger partial charge on any atom is -0.391 e. The first-order chi connectivity index (χ1) is 9.04. The molecule has 1 fully saturated rings. The minimum absolute atomic E-state index is 0.270. The number of hydrogen-bond donors (Lipinski definition) is 2. The summed E-state index contributed by atoms with van der Waals surface area (Å²) < 4.78 is 5.29. The van der Waals surface area contributed by atoms with Crippen molar-refractivity contribution in [2.75, 3.05) is 46.9 Å². The number of nitrogens with one attached hydrogen (secondary N) is 1. The maximum absolute atomic E-state index is 9.81. The Morgan fingerprint density at radius 1 is 1.53 bits per heavy atom. The average molecular weight is 289 g/mol. The summed E-state index contributed by atoms with van der Waals surface area (Å²) >= 11 is 5.42. The highest BCUT2D eigenvalue weighted by Gasteiger charge is 2.32. The Morgan fingerprint density at radius 3 is 2.89 bits per heavy atom. The fourth-order valence-electron chi connectivity index (χ4n) is 2.35. The van der Waals surface area contributed by atoms with Gasteiger partial charge in [0, 0.05) is 38.9 Å². The third-order valence-electron chi connectivity index (χ3n) is 3.17. The summed E-state index contributed by atoms with van der Waals surface area (Å²) in [4.78, 5) is 4.24. The van der Waals surface area contributed by atoms with Crippen LogP contribution in [0.5, 0.6) is 0 Å².